The van der Waals surface area contributed by atoms with Crippen LogP contribution in [0, 0.1) is 5.92 Å². The van der Waals surface area contributed by atoms with E-state index in [0.29, 0.717) is 0 Å². The summed E-state index contributed by atoms with van der Waals surface area (Å²) in [5, 5.41) is 9.27. The average Bonchev–Trinajstić information content (AvgIpc) is 2.35. The number of carbonyl (C=O) groups excluding carboxylic acids is 1. The van der Waals surface area contributed by atoms with Gasteiger partial charge in [-0.1, -0.05) is 50.2 Å². The molecule has 4 nitrogen and oxygen atoms in total. The molecule has 4 heteroatoms. The third-order valence-corrected chi connectivity index (χ3v) is 3.57. The summed E-state index contributed by atoms with van der Waals surface area (Å²) < 4.78 is 0. The molecule has 0 rings (SSSR count). The van der Waals surface area contributed by atoms with Gasteiger partial charge in [0.25, 0.3) is 0 Å². The summed E-state index contributed by atoms with van der Waals surface area (Å²) in [6.45, 7) is 6.00. The van der Waals surface area contributed by atoms with E-state index in [4.69, 9.17) is 5.73 Å². The van der Waals surface area contributed by atoms with Crippen molar-refractivity contribution in [1.29, 1.82) is 0 Å². The zero-order chi connectivity index (χ0) is 15.5. The number of nitrogens with two attached hydrogens (primary N) is 1. The van der Waals surface area contributed by atoms with Gasteiger partial charge >= 0.3 is 5.97 Å². The van der Waals surface area contributed by atoms with Crippen LogP contribution in [-0.4, -0.2) is 17.0 Å². The normalized spacial score (nSPS) is 11.9. The summed E-state index contributed by atoms with van der Waals surface area (Å²) in [5.74, 6) is -2.27. The molecular weight excluding hydrogens is 254 g/mol. The summed E-state index contributed by atoms with van der Waals surface area (Å²) in [6, 6.07) is 0. The number of amides is 1. The maximum Gasteiger partial charge on any atom is 0.311 e. The smallest absolute Gasteiger partial charge is 0.311 e. The first-order valence-electron chi connectivity index (χ1n) is 7.57. The van der Waals surface area contributed by atoms with E-state index in [-0.39, 0.29) is 6.42 Å². The molecule has 20 heavy (non-hydrogen) atoms. The highest BCUT2D eigenvalue weighted by molar-refractivity contribution is 5.83. The molecule has 1 unspecified atom stereocenters. The molecule has 0 aliphatic rings. The van der Waals surface area contributed by atoms with Gasteiger partial charge in [-0.15, -0.1) is 0 Å². The van der Waals surface area contributed by atoms with Crippen LogP contribution in [0.4, 0.5) is 0 Å². The minimum atomic E-state index is -0.953. The lowest BCUT2D eigenvalue weighted by Gasteiger charge is -2.17. The van der Waals surface area contributed by atoms with Gasteiger partial charge in [-0.2, -0.15) is 0 Å². The highest BCUT2D eigenvalue weighted by Gasteiger charge is 2.24. The molecule has 1 amide bonds. The lowest BCUT2D eigenvalue weighted by atomic mass is 9.88. The Morgan fingerprint density at radius 2 is 1.60 bits per heavy atom. The van der Waals surface area contributed by atoms with Crippen molar-refractivity contribution >= 4 is 11.9 Å². The van der Waals surface area contributed by atoms with Crippen molar-refractivity contribution in [2.75, 3.05) is 0 Å². The van der Waals surface area contributed by atoms with E-state index in [2.05, 4.69) is 6.92 Å². The van der Waals surface area contributed by atoms with E-state index in [1.165, 1.54) is 25.7 Å². The van der Waals surface area contributed by atoms with E-state index in [0.717, 1.165) is 30.4 Å². The number of carbonyl (C=O) groups is 2. The molecule has 0 aromatic heterocycles. The largest absolute Gasteiger partial charge is 0.481 e. The minimum absolute atomic E-state index is 0.105. The van der Waals surface area contributed by atoms with Crippen molar-refractivity contribution in [3.63, 3.8) is 0 Å². The number of allylic oxidation sites excluding steroid dienone is 1. The predicted octanol–water partition coefficient (Wildman–Crippen LogP) is 3.65. The van der Waals surface area contributed by atoms with Gasteiger partial charge in [0.05, 0.1) is 5.92 Å². The second-order valence-corrected chi connectivity index (χ2v) is 5.60. The molecule has 0 radical (unpaired) electrons. The first-order chi connectivity index (χ1) is 9.40. The quantitative estimate of drug-likeness (QED) is 0.448. The van der Waals surface area contributed by atoms with Crippen LogP contribution in [0.2, 0.25) is 0 Å². The van der Waals surface area contributed by atoms with E-state index >= 15 is 0 Å². The first kappa shape index (κ1) is 18.7. The lowest BCUT2D eigenvalue weighted by Crippen LogP contribution is -2.24. The summed E-state index contributed by atoms with van der Waals surface area (Å²) in [5.41, 5.74) is 7.01. The fourth-order valence-electron chi connectivity index (χ4n) is 2.43. The zero-order valence-electron chi connectivity index (χ0n) is 13.1. The second-order valence-electron chi connectivity index (χ2n) is 5.60. The molecule has 0 fully saturated rings. The number of carboxylic acid groups (broad SMARTS) is 1. The molecule has 0 saturated carbocycles. The van der Waals surface area contributed by atoms with Gasteiger partial charge in [-0.05, 0) is 26.7 Å². The number of primary amides is 1. The molecule has 3 N–H and O–H groups in total. The maximum absolute atomic E-state index is 11.3. The predicted molar refractivity (Wildman–Crippen MR) is 81.3 cm³/mol. The van der Waals surface area contributed by atoms with Gasteiger partial charge in [-0.3, -0.25) is 9.59 Å². The standard InChI is InChI=1S/C16H29NO3/c1-4-5-6-7-8-9-10-13(12(2)3)14(16(19)20)11-15(17)18/h14H,4-11H2,1-3H3,(H2,17,18)(H,19,20). The Hall–Kier alpha value is -1.32. The van der Waals surface area contributed by atoms with Crippen LogP contribution in [0.1, 0.15) is 72.1 Å². The number of unbranched alkanes of at least 4 members (excludes halogenated alkanes) is 5. The molecule has 1 atom stereocenters. The Balaban J connectivity index is 4.45. The lowest BCUT2D eigenvalue weighted by molar-refractivity contribution is -0.142. The van der Waals surface area contributed by atoms with Crippen molar-refractivity contribution in [3.8, 4) is 0 Å². The van der Waals surface area contributed by atoms with Crippen molar-refractivity contribution in [2.45, 2.75) is 72.1 Å². The number of aliphatic carboxylic acids is 1. The zero-order valence-corrected chi connectivity index (χ0v) is 13.1. The molecule has 0 saturated heterocycles. The third kappa shape index (κ3) is 7.97. The Morgan fingerprint density at radius 1 is 1.05 bits per heavy atom. The molecule has 0 bridgehead atoms. The van der Waals surface area contributed by atoms with Crippen LogP contribution in [-0.2, 0) is 9.59 Å². The van der Waals surface area contributed by atoms with Crippen molar-refractivity contribution in [2.24, 2.45) is 11.7 Å². The van der Waals surface area contributed by atoms with E-state index in [9.17, 15) is 14.7 Å². The molecule has 0 spiro atoms. The number of rotatable bonds is 11. The summed E-state index contributed by atoms with van der Waals surface area (Å²) in [4.78, 5) is 22.3. The van der Waals surface area contributed by atoms with Gasteiger partial charge in [0, 0.05) is 6.42 Å². The van der Waals surface area contributed by atoms with Crippen LogP contribution in [0.25, 0.3) is 0 Å². The summed E-state index contributed by atoms with van der Waals surface area (Å²) in [6.07, 6.45) is 7.65. The topological polar surface area (TPSA) is 80.4 Å². The van der Waals surface area contributed by atoms with Crippen LogP contribution in [0.5, 0.6) is 0 Å². The highest BCUT2D eigenvalue weighted by atomic mass is 16.4. The van der Waals surface area contributed by atoms with E-state index < -0.39 is 17.8 Å². The van der Waals surface area contributed by atoms with Crippen LogP contribution in [0.15, 0.2) is 11.1 Å². The second kappa shape index (κ2) is 10.5. The maximum atomic E-state index is 11.3. The number of hydrogen-bond acceptors (Lipinski definition) is 2. The SMILES string of the molecule is CCCCCCCCC(=C(C)C)C(CC(N)=O)C(=O)O. The van der Waals surface area contributed by atoms with Crippen LogP contribution < -0.4 is 5.73 Å². The molecule has 116 valence electrons. The molecular formula is C16H29NO3. The Morgan fingerprint density at radius 3 is 2.05 bits per heavy atom. The van der Waals surface area contributed by atoms with Gasteiger partial charge in [-0.25, -0.2) is 0 Å². The minimum Gasteiger partial charge on any atom is -0.481 e. The number of hydrogen-bond donors (Lipinski definition) is 2. The van der Waals surface area contributed by atoms with Crippen LogP contribution in [0.3, 0.4) is 0 Å². The number of carboxylic acids is 1. The average molecular weight is 283 g/mol. The molecule has 0 aliphatic heterocycles. The van der Waals surface area contributed by atoms with Gasteiger partial charge in [0.1, 0.15) is 0 Å². The summed E-state index contributed by atoms with van der Waals surface area (Å²) in [7, 11) is 0. The van der Waals surface area contributed by atoms with E-state index in [1.54, 1.807) is 0 Å². The molecule has 0 heterocycles. The van der Waals surface area contributed by atoms with Crippen molar-refractivity contribution < 1.29 is 14.7 Å². The Labute approximate surface area is 122 Å². The van der Waals surface area contributed by atoms with Crippen molar-refractivity contribution in [1.82, 2.24) is 0 Å². The van der Waals surface area contributed by atoms with Gasteiger partial charge < -0.3 is 10.8 Å². The molecule has 0 aromatic rings. The first-order valence-corrected chi connectivity index (χ1v) is 7.57. The fourth-order valence-corrected chi connectivity index (χ4v) is 2.43. The third-order valence-electron chi connectivity index (χ3n) is 3.57. The van der Waals surface area contributed by atoms with Gasteiger partial charge in [0.2, 0.25) is 5.91 Å². The fraction of sp³-hybridized carbons (Fsp3) is 0.750. The molecule has 0 aliphatic carbocycles. The van der Waals surface area contributed by atoms with Crippen LogP contribution >= 0.6 is 0 Å². The monoisotopic (exact) mass is 283 g/mol. The van der Waals surface area contributed by atoms with E-state index in [1.807, 2.05) is 13.8 Å². The Kier molecular flexibility index (Phi) is 9.77. The Bertz CT molecular complexity index is 344. The van der Waals surface area contributed by atoms with Crippen molar-refractivity contribution in [3.05, 3.63) is 11.1 Å². The summed E-state index contributed by atoms with van der Waals surface area (Å²) >= 11 is 0. The van der Waals surface area contributed by atoms with Gasteiger partial charge in [0.15, 0.2) is 0 Å². The molecule has 0 aromatic carbocycles. The highest BCUT2D eigenvalue weighted by Crippen LogP contribution is 2.25.